The number of nitrogens with one attached hydrogen (secondary N) is 1. The van der Waals surface area contributed by atoms with Crippen molar-refractivity contribution in [3.63, 3.8) is 0 Å². The summed E-state index contributed by atoms with van der Waals surface area (Å²) in [5.74, 6) is -0.00728. The van der Waals surface area contributed by atoms with E-state index in [1.807, 2.05) is 43.3 Å². The largest absolute Gasteiger partial charge is 0.392 e. The Balaban J connectivity index is 1.64. The molecule has 128 valence electrons. The number of benzene rings is 2. The van der Waals surface area contributed by atoms with Gasteiger partial charge in [-0.05, 0) is 42.9 Å². The molecule has 0 spiro atoms. The van der Waals surface area contributed by atoms with Crippen molar-refractivity contribution in [2.75, 3.05) is 5.32 Å². The van der Waals surface area contributed by atoms with Gasteiger partial charge in [0.25, 0.3) is 0 Å². The Hall–Kier alpha value is -2.13. The molecule has 3 heteroatoms. The number of rotatable bonds is 9. The number of hydrogen-bond acceptors (Lipinski definition) is 2. The molecule has 0 saturated heterocycles. The summed E-state index contributed by atoms with van der Waals surface area (Å²) in [5.41, 5.74) is 2.12. The second-order valence-corrected chi connectivity index (χ2v) is 6.39. The molecule has 2 aromatic rings. The molecule has 0 heterocycles. The summed E-state index contributed by atoms with van der Waals surface area (Å²) in [5, 5.41) is 13.0. The predicted molar refractivity (Wildman–Crippen MR) is 98.9 cm³/mol. The summed E-state index contributed by atoms with van der Waals surface area (Å²) in [6, 6.07) is 19.8. The van der Waals surface area contributed by atoms with Gasteiger partial charge in [-0.1, -0.05) is 61.9 Å². The van der Waals surface area contributed by atoms with Gasteiger partial charge < -0.3 is 10.4 Å². The first-order chi connectivity index (χ1) is 11.6. The molecule has 2 N–H and O–H groups in total. The van der Waals surface area contributed by atoms with Crippen LogP contribution in [0.1, 0.15) is 38.2 Å². The SMILES string of the molecule is C[C@@H](CCCCc1ccccc1)[C@H](O)CC(=O)Nc1ccccc1. The molecule has 1 amide bonds. The first-order valence-electron chi connectivity index (χ1n) is 8.72. The Labute approximate surface area is 144 Å². The molecule has 0 bridgehead atoms. The molecule has 24 heavy (non-hydrogen) atoms. The molecule has 0 saturated carbocycles. The molecule has 0 aromatic heterocycles. The van der Waals surface area contributed by atoms with Crippen molar-refractivity contribution in [1.29, 1.82) is 0 Å². The highest BCUT2D eigenvalue weighted by Crippen LogP contribution is 2.17. The third-order valence-corrected chi connectivity index (χ3v) is 4.33. The van der Waals surface area contributed by atoms with Crippen LogP contribution in [0.5, 0.6) is 0 Å². The number of para-hydroxylation sites is 1. The van der Waals surface area contributed by atoms with E-state index in [9.17, 15) is 9.90 Å². The van der Waals surface area contributed by atoms with Crippen molar-refractivity contribution in [2.24, 2.45) is 5.92 Å². The average molecular weight is 325 g/mol. The Morgan fingerprint density at radius 3 is 2.29 bits per heavy atom. The number of carbonyl (C=O) groups excluding carboxylic acids is 1. The first-order valence-corrected chi connectivity index (χ1v) is 8.72. The van der Waals surface area contributed by atoms with Gasteiger partial charge in [-0.15, -0.1) is 0 Å². The van der Waals surface area contributed by atoms with Gasteiger partial charge in [0.2, 0.25) is 5.91 Å². The molecule has 2 aromatic carbocycles. The van der Waals surface area contributed by atoms with Crippen molar-refractivity contribution >= 4 is 11.6 Å². The lowest BCUT2D eigenvalue weighted by Gasteiger charge is -2.18. The van der Waals surface area contributed by atoms with E-state index >= 15 is 0 Å². The predicted octanol–water partition coefficient (Wildman–Crippen LogP) is 4.43. The van der Waals surface area contributed by atoms with Crippen molar-refractivity contribution in [2.45, 2.75) is 45.1 Å². The van der Waals surface area contributed by atoms with Crippen LogP contribution in [0.2, 0.25) is 0 Å². The molecule has 0 aliphatic heterocycles. The van der Waals surface area contributed by atoms with Crippen molar-refractivity contribution in [1.82, 2.24) is 0 Å². The van der Waals surface area contributed by atoms with Crippen LogP contribution in [0.25, 0.3) is 0 Å². The van der Waals surface area contributed by atoms with Crippen LogP contribution < -0.4 is 5.32 Å². The minimum atomic E-state index is -0.592. The van der Waals surface area contributed by atoms with E-state index < -0.39 is 6.10 Å². The summed E-state index contributed by atoms with van der Waals surface area (Å²) in [6.45, 7) is 2.02. The van der Waals surface area contributed by atoms with E-state index in [-0.39, 0.29) is 18.2 Å². The Bertz CT molecular complexity index is 598. The number of carbonyl (C=O) groups is 1. The summed E-state index contributed by atoms with van der Waals surface area (Å²) in [6.07, 6.45) is 3.73. The van der Waals surface area contributed by atoms with Crippen LogP contribution >= 0.6 is 0 Å². The Morgan fingerprint density at radius 2 is 1.62 bits per heavy atom. The number of anilines is 1. The number of unbranched alkanes of at least 4 members (excludes halogenated alkanes) is 1. The monoisotopic (exact) mass is 325 g/mol. The van der Waals surface area contributed by atoms with Crippen LogP contribution in [0.15, 0.2) is 60.7 Å². The molecule has 0 aliphatic rings. The standard InChI is InChI=1S/C21H27NO2/c1-17(10-8-9-13-18-11-4-2-5-12-18)20(23)16-21(24)22-19-14-6-3-7-15-19/h2-7,11-12,14-15,17,20,23H,8-10,13,16H2,1H3,(H,22,24)/t17-,20+/m0/s1. The van der Waals surface area contributed by atoms with E-state index in [0.29, 0.717) is 0 Å². The zero-order chi connectivity index (χ0) is 17.2. The van der Waals surface area contributed by atoms with Crippen molar-refractivity contribution in [3.05, 3.63) is 66.2 Å². The summed E-state index contributed by atoms with van der Waals surface area (Å²) >= 11 is 0. The van der Waals surface area contributed by atoms with E-state index in [1.54, 1.807) is 0 Å². The van der Waals surface area contributed by atoms with Crippen LogP contribution in [0.4, 0.5) is 5.69 Å². The van der Waals surface area contributed by atoms with Gasteiger partial charge in [-0.3, -0.25) is 4.79 Å². The quantitative estimate of drug-likeness (QED) is 0.670. The molecule has 0 radical (unpaired) electrons. The van der Waals surface area contributed by atoms with Gasteiger partial charge in [0.15, 0.2) is 0 Å². The lowest BCUT2D eigenvalue weighted by atomic mass is 9.94. The van der Waals surface area contributed by atoms with Crippen molar-refractivity contribution < 1.29 is 9.90 Å². The third-order valence-electron chi connectivity index (χ3n) is 4.33. The van der Waals surface area contributed by atoms with E-state index in [2.05, 4.69) is 29.6 Å². The summed E-state index contributed by atoms with van der Waals surface area (Å²) < 4.78 is 0. The fourth-order valence-corrected chi connectivity index (χ4v) is 2.76. The highest BCUT2D eigenvalue weighted by molar-refractivity contribution is 5.90. The van der Waals surface area contributed by atoms with Gasteiger partial charge in [-0.25, -0.2) is 0 Å². The number of hydrogen-bond donors (Lipinski definition) is 2. The number of aliphatic hydroxyl groups is 1. The first kappa shape index (κ1) is 18.2. The van der Waals surface area contributed by atoms with E-state index in [4.69, 9.17) is 0 Å². The zero-order valence-electron chi connectivity index (χ0n) is 14.3. The minimum Gasteiger partial charge on any atom is -0.392 e. The second kappa shape index (κ2) is 9.89. The molecular formula is C21H27NO2. The smallest absolute Gasteiger partial charge is 0.226 e. The number of amides is 1. The van der Waals surface area contributed by atoms with Crippen LogP contribution in [0, 0.1) is 5.92 Å². The van der Waals surface area contributed by atoms with Gasteiger partial charge in [0.1, 0.15) is 0 Å². The number of aliphatic hydroxyl groups excluding tert-OH is 1. The molecule has 2 atom stereocenters. The molecule has 0 fully saturated rings. The minimum absolute atomic E-state index is 0.127. The van der Waals surface area contributed by atoms with Gasteiger partial charge >= 0.3 is 0 Å². The Morgan fingerprint density at radius 1 is 1.00 bits per heavy atom. The maximum Gasteiger partial charge on any atom is 0.226 e. The van der Waals surface area contributed by atoms with Crippen LogP contribution in [-0.4, -0.2) is 17.1 Å². The molecule has 3 nitrogen and oxygen atoms in total. The highest BCUT2D eigenvalue weighted by atomic mass is 16.3. The van der Waals surface area contributed by atoms with Crippen LogP contribution in [-0.2, 0) is 11.2 Å². The maximum absolute atomic E-state index is 12.0. The highest BCUT2D eigenvalue weighted by Gasteiger charge is 2.17. The average Bonchev–Trinajstić information content (AvgIpc) is 2.60. The van der Waals surface area contributed by atoms with Gasteiger partial charge in [-0.2, -0.15) is 0 Å². The topological polar surface area (TPSA) is 49.3 Å². The third kappa shape index (κ3) is 6.55. The van der Waals surface area contributed by atoms with Crippen molar-refractivity contribution in [3.8, 4) is 0 Å². The lowest BCUT2D eigenvalue weighted by Crippen LogP contribution is -2.25. The maximum atomic E-state index is 12.0. The normalized spacial score (nSPS) is 13.2. The second-order valence-electron chi connectivity index (χ2n) is 6.39. The van der Waals surface area contributed by atoms with E-state index in [0.717, 1.165) is 31.4 Å². The molecular weight excluding hydrogens is 298 g/mol. The fraction of sp³-hybridized carbons (Fsp3) is 0.381. The fourth-order valence-electron chi connectivity index (χ4n) is 2.76. The molecule has 0 aliphatic carbocycles. The summed E-state index contributed by atoms with van der Waals surface area (Å²) in [4.78, 5) is 12.0. The van der Waals surface area contributed by atoms with Gasteiger partial charge in [0.05, 0.1) is 12.5 Å². The number of aryl methyl sites for hydroxylation is 1. The summed E-state index contributed by atoms with van der Waals surface area (Å²) in [7, 11) is 0. The van der Waals surface area contributed by atoms with E-state index in [1.165, 1.54) is 5.56 Å². The molecule has 2 rings (SSSR count). The Kier molecular flexibility index (Phi) is 7.50. The molecule has 0 unspecified atom stereocenters. The lowest BCUT2D eigenvalue weighted by molar-refractivity contribution is -0.118. The zero-order valence-corrected chi connectivity index (χ0v) is 14.3. The van der Waals surface area contributed by atoms with Crippen LogP contribution in [0.3, 0.4) is 0 Å². The van der Waals surface area contributed by atoms with Gasteiger partial charge in [0, 0.05) is 5.69 Å².